The first-order chi connectivity index (χ1) is 9.39. The summed E-state index contributed by atoms with van der Waals surface area (Å²) in [5.41, 5.74) is 2.18. The molecule has 1 saturated heterocycles. The number of hydrogen-bond acceptors (Lipinski definition) is 2. The molecule has 0 spiro atoms. The summed E-state index contributed by atoms with van der Waals surface area (Å²) in [7, 11) is 0. The first-order valence-electron chi connectivity index (χ1n) is 6.83. The average molecular weight is 294 g/mol. The molecular weight excluding hydrogens is 274 g/mol. The van der Waals surface area contributed by atoms with Crippen LogP contribution in [0.5, 0.6) is 0 Å². The van der Waals surface area contributed by atoms with Crippen molar-refractivity contribution in [3.63, 3.8) is 0 Å². The van der Waals surface area contributed by atoms with Crippen LogP contribution in [0.15, 0.2) is 24.3 Å². The van der Waals surface area contributed by atoms with E-state index in [1.807, 2.05) is 18.2 Å². The number of carbonyl (C=O) groups is 1. The van der Waals surface area contributed by atoms with Gasteiger partial charge in [-0.05, 0) is 36.0 Å². The number of nitrogens with zero attached hydrogens (tertiary/aromatic N) is 1. The van der Waals surface area contributed by atoms with Crippen molar-refractivity contribution in [2.45, 2.75) is 26.7 Å². The number of piperidine rings is 1. The lowest BCUT2D eigenvalue weighted by Gasteiger charge is -2.39. The maximum atomic E-state index is 10.7. The third kappa shape index (κ3) is 3.54. The van der Waals surface area contributed by atoms with Crippen molar-refractivity contribution in [1.82, 2.24) is 0 Å². The van der Waals surface area contributed by atoms with Gasteiger partial charge in [-0.2, -0.15) is 0 Å². The van der Waals surface area contributed by atoms with Crippen LogP contribution in [0.1, 0.15) is 32.3 Å². The number of para-hydroxylation sites is 1. The van der Waals surface area contributed by atoms with E-state index in [2.05, 4.69) is 18.7 Å². The summed E-state index contributed by atoms with van der Waals surface area (Å²) in [4.78, 5) is 13.0. The second-order valence-corrected chi connectivity index (χ2v) is 6.41. The van der Waals surface area contributed by atoms with Gasteiger partial charge in [-0.15, -0.1) is 0 Å². The number of carboxylic acid groups (broad SMARTS) is 1. The molecule has 2 rings (SSSR count). The van der Waals surface area contributed by atoms with E-state index < -0.39 is 5.97 Å². The summed E-state index contributed by atoms with van der Waals surface area (Å²) in [5.74, 6) is -0.948. The molecule has 0 aliphatic carbocycles. The van der Waals surface area contributed by atoms with Gasteiger partial charge in [0, 0.05) is 19.2 Å². The fourth-order valence-corrected chi connectivity index (χ4v) is 2.80. The molecule has 0 saturated carbocycles. The Morgan fingerprint density at radius 2 is 2.00 bits per heavy atom. The number of rotatable bonds is 3. The Morgan fingerprint density at radius 3 is 2.60 bits per heavy atom. The molecule has 0 unspecified atom stereocenters. The third-order valence-corrected chi connectivity index (χ3v) is 4.16. The van der Waals surface area contributed by atoms with E-state index in [9.17, 15) is 4.79 Å². The van der Waals surface area contributed by atoms with Crippen LogP contribution in [0, 0.1) is 5.41 Å². The molecule has 0 bridgehead atoms. The Bertz CT molecular complexity index is 527. The minimum Gasteiger partial charge on any atom is -0.478 e. The predicted molar refractivity (Wildman–Crippen MR) is 83.3 cm³/mol. The quantitative estimate of drug-likeness (QED) is 0.854. The molecule has 0 aromatic heterocycles. The zero-order chi connectivity index (χ0) is 14.8. The molecule has 4 heteroatoms. The lowest BCUT2D eigenvalue weighted by Crippen LogP contribution is -2.37. The lowest BCUT2D eigenvalue weighted by atomic mass is 9.82. The zero-order valence-corrected chi connectivity index (χ0v) is 12.7. The minimum atomic E-state index is -0.948. The van der Waals surface area contributed by atoms with Crippen LogP contribution < -0.4 is 4.90 Å². The first kappa shape index (κ1) is 14.9. The molecule has 1 aliphatic heterocycles. The van der Waals surface area contributed by atoms with E-state index >= 15 is 0 Å². The summed E-state index contributed by atoms with van der Waals surface area (Å²) >= 11 is 6.33. The van der Waals surface area contributed by atoms with E-state index in [0.717, 1.165) is 43.3 Å². The molecule has 20 heavy (non-hydrogen) atoms. The maximum absolute atomic E-state index is 10.7. The van der Waals surface area contributed by atoms with Gasteiger partial charge in [0.05, 0.1) is 10.7 Å². The van der Waals surface area contributed by atoms with Crippen molar-refractivity contribution in [2.75, 3.05) is 18.0 Å². The number of benzene rings is 1. The molecule has 1 aromatic carbocycles. The summed E-state index contributed by atoms with van der Waals surface area (Å²) in [5, 5.41) is 9.46. The van der Waals surface area contributed by atoms with E-state index in [0.29, 0.717) is 10.4 Å². The SMILES string of the molecule is CC1(C)CCN(c2c(Cl)cccc2/C=C/C(=O)O)CC1. The van der Waals surface area contributed by atoms with Gasteiger partial charge in [0.25, 0.3) is 0 Å². The molecule has 1 fully saturated rings. The second-order valence-electron chi connectivity index (χ2n) is 6.00. The molecule has 1 N–H and O–H groups in total. The highest BCUT2D eigenvalue weighted by atomic mass is 35.5. The smallest absolute Gasteiger partial charge is 0.328 e. The molecule has 1 heterocycles. The van der Waals surface area contributed by atoms with E-state index in [1.54, 1.807) is 6.08 Å². The number of halogens is 1. The van der Waals surface area contributed by atoms with Crippen LogP contribution >= 0.6 is 11.6 Å². The van der Waals surface area contributed by atoms with Crippen molar-refractivity contribution in [3.8, 4) is 0 Å². The predicted octanol–water partition coefficient (Wildman–Crippen LogP) is 4.06. The largest absolute Gasteiger partial charge is 0.478 e. The fraction of sp³-hybridized carbons (Fsp3) is 0.438. The van der Waals surface area contributed by atoms with Gasteiger partial charge in [0.1, 0.15) is 0 Å². The minimum absolute atomic E-state index is 0.370. The van der Waals surface area contributed by atoms with E-state index in [-0.39, 0.29) is 0 Å². The molecule has 108 valence electrons. The van der Waals surface area contributed by atoms with Crippen molar-refractivity contribution in [3.05, 3.63) is 34.9 Å². The molecule has 1 aromatic rings. The first-order valence-corrected chi connectivity index (χ1v) is 7.21. The highest BCUT2D eigenvalue weighted by Crippen LogP contribution is 2.37. The van der Waals surface area contributed by atoms with Crippen LogP contribution in [0.2, 0.25) is 5.02 Å². The Hall–Kier alpha value is -1.48. The average Bonchev–Trinajstić information content (AvgIpc) is 2.37. The van der Waals surface area contributed by atoms with Crippen LogP contribution in [-0.2, 0) is 4.79 Å². The highest BCUT2D eigenvalue weighted by Gasteiger charge is 2.27. The van der Waals surface area contributed by atoms with Gasteiger partial charge in [-0.1, -0.05) is 37.6 Å². The molecule has 0 atom stereocenters. The Kier molecular flexibility index (Phi) is 4.39. The number of hydrogen-bond donors (Lipinski definition) is 1. The highest BCUT2D eigenvalue weighted by molar-refractivity contribution is 6.33. The van der Waals surface area contributed by atoms with Crippen molar-refractivity contribution >= 4 is 29.3 Å². The number of carboxylic acids is 1. The van der Waals surface area contributed by atoms with Gasteiger partial charge in [-0.25, -0.2) is 4.79 Å². The van der Waals surface area contributed by atoms with E-state index in [4.69, 9.17) is 16.7 Å². The maximum Gasteiger partial charge on any atom is 0.328 e. The van der Waals surface area contributed by atoms with Crippen LogP contribution in [-0.4, -0.2) is 24.2 Å². The summed E-state index contributed by atoms with van der Waals surface area (Å²) in [6.45, 7) is 6.46. The topological polar surface area (TPSA) is 40.5 Å². The standard InChI is InChI=1S/C16H20ClNO2/c1-16(2)8-10-18(11-9-16)15-12(6-7-14(19)20)4-3-5-13(15)17/h3-7H,8-11H2,1-2H3,(H,19,20)/b7-6+. The van der Waals surface area contributed by atoms with Gasteiger partial charge in [0.15, 0.2) is 0 Å². The Balaban J connectivity index is 2.29. The van der Waals surface area contributed by atoms with Crippen molar-refractivity contribution < 1.29 is 9.90 Å². The van der Waals surface area contributed by atoms with Gasteiger partial charge < -0.3 is 10.0 Å². The number of aliphatic carboxylic acids is 1. The monoisotopic (exact) mass is 293 g/mol. The van der Waals surface area contributed by atoms with Gasteiger partial charge in [0.2, 0.25) is 0 Å². The van der Waals surface area contributed by atoms with Gasteiger partial charge >= 0.3 is 5.97 Å². The van der Waals surface area contributed by atoms with Crippen molar-refractivity contribution in [2.24, 2.45) is 5.41 Å². The summed E-state index contributed by atoms with van der Waals surface area (Å²) in [6, 6.07) is 5.61. The van der Waals surface area contributed by atoms with Gasteiger partial charge in [-0.3, -0.25) is 0 Å². The fourth-order valence-electron chi connectivity index (χ4n) is 2.50. The summed E-state index contributed by atoms with van der Waals surface area (Å²) in [6.07, 6.45) is 4.99. The number of anilines is 1. The second kappa shape index (κ2) is 5.88. The normalized spacial score (nSPS) is 18.4. The van der Waals surface area contributed by atoms with Crippen LogP contribution in [0.4, 0.5) is 5.69 Å². The molecule has 1 aliphatic rings. The lowest BCUT2D eigenvalue weighted by molar-refractivity contribution is -0.131. The van der Waals surface area contributed by atoms with Crippen molar-refractivity contribution in [1.29, 1.82) is 0 Å². The third-order valence-electron chi connectivity index (χ3n) is 3.86. The molecular formula is C16H20ClNO2. The van der Waals surface area contributed by atoms with Crippen LogP contribution in [0.25, 0.3) is 6.08 Å². The molecule has 0 amide bonds. The Morgan fingerprint density at radius 1 is 1.35 bits per heavy atom. The molecule has 0 radical (unpaired) electrons. The zero-order valence-electron chi connectivity index (χ0n) is 11.9. The Labute approximate surface area is 124 Å². The van der Waals surface area contributed by atoms with E-state index in [1.165, 1.54) is 0 Å². The summed E-state index contributed by atoms with van der Waals surface area (Å²) < 4.78 is 0. The van der Waals surface area contributed by atoms with Crippen LogP contribution in [0.3, 0.4) is 0 Å². The molecule has 3 nitrogen and oxygen atoms in total.